The van der Waals surface area contributed by atoms with Crippen molar-refractivity contribution in [3.8, 4) is 11.3 Å². The maximum atomic E-state index is 12.4. The highest BCUT2D eigenvalue weighted by molar-refractivity contribution is 7.90. The second-order valence-corrected chi connectivity index (χ2v) is 7.99. The van der Waals surface area contributed by atoms with Gasteiger partial charge in [0.1, 0.15) is 0 Å². The Bertz CT molecular complexity index is 1010. The lowest BCUT2D eigenvalue weighted by Crippen LogP contribution is -2.26. The fourth-order valence-corrected chi connectivity index (χ4v) is 3.11. The molecule has 2 aromatic carbocycles. The van der Waals surface area contributed by atoms with Gasteiger partial charge in [-0.3, -0.25) is 4.79 Å². The molecule has 0 aliphatic carbocycles. The molecule has 0 unspecified atom stereocenters. The van der Waals surface area contributed by atoms with Crippen LogP contribution in [0.2, 0.25) is 0 Å². The third kappa shape index (κ3) is 4.00. The highest BCUT2D eigenvalue weighted by Gasteiger charge is 2.17. The standard InChI is InChI=1S/C19H18N2O4S/c1-13(14-8-10-16(11-9-14)26(2,23)24)20-19(22)17-12-18(25-21-17)15-6-4-3-5-7-15/h3-13H,1-2H3,(H,20,22)/t13-/m0/s1. The maximum Gasteiger partial charge on any atom is 0.273 e. The second kappa shape index (κ2) is 7.13. The summed E-state index contributed by atoms with van der Waals surface area (Å²) in [7, 11) is -3.24. The van der Waals surface area contributed by atoms with Gasteiger partial charge in [0.2, 0.25) is 0 Å². The van der Waals surface area contributed by atoms with Crippen molar-refractivity contribution in [1.29, 1.82) is 0 Å². The molecule has 6 nitrogen and oxygen atoms in total. The van der Waals surface area contributed by atoms with E-state index in [9.17, 15) is 13.2 Å². The highest BCUT2D eigenvalue weighted by Crippen LogP contribution is 2.21. The molecule has 0 spiro atoms. The van der Waals surface area contributed by atoms with Crippen molar-refractivity contribution < 1.29 is 17.7 Å². The summed E-state index contributed by atoms with van der Waals surface area (Å²) in [5.41, 5.74) is 1.81. The minimum atomic E-state index is -3.24. The van der Waals surface area contributed by atoms with Crippen molar-refractivity contribution in [2.24, 2.45) is 0 Å². The van der Waals surface area contributed by atoms with Crippen LogP contribution < -0.4 is 5.32 Å². The molecule has 1 atom stereocenters. The molecular weight excluding hydrogens is 352 g/mol. The lowest BCUT2D eigenvalue weighted by Gasteiger charge is -2.13. The van der Waals surface area contributed by atoms with Crippen LogP contribution in [-0.2, 0) is 9.84 Å². The van der Waals surface area contributed by atoms with Crippen molar-refractivity contribution in [2.75, 3.05) is 6.26 Å². The Hall–Kier alpha value is -2.93. The predicted octanol–water partition coefficient (Wildman–Crippen LogP) is 3.24. The summed E-state index contributed by atoms with van der Waals surface area (Å²) in [4.78, 5) is 12.6. The topological polar surface area (TPSA) is 89.3 Å². The molecule has 134 valence electrons. The summed E-state index contributed by atoms with van der Waals surface area (Å²) < 4.78 is 28.3. The fraction of sp³-hybridized carbons (Fsp3) is 0.158. The largest absolute Gasteiger partial charge is 0.355 e. The third-order valence-corrected chi connectivity index (χ3v) is 5.09. The molecule has 0 fully saturated rings. The van der Waals surface area contributed by atoms with Crippen LogP contribution in [0, 0.1) is 0 Å². The Balaban J connectivity index is 1.71. The van der Waals surface area contributed by atoms with E-state index in [1.807, 2.05) is 37.3 Å². The minimum absolute atomic E-state index is 0.184. The van der Waals surface area contributed by atoms with Gasteiger partial charge in [-0.15, -0.1) is 0 Å². The number of rotatable bonds is 5. The molecule has 7 heteroatoms. The molecule has 0 aliphatic rings. The van der Waals surface area contributed by atoms with Gasteiger partial charge in [0.25, 0.3) is 5.91 Å². The second-order valence-electron chi connectivity index (χ2n) is 5.98. The summed E-state index contributed by atoms with van der Waals surface area (Å²) in [5, 5.41) is 6.64. The Kier molecular flexibility index (Phi) is 4.90. The van der Waals surface area contributed by atoms with E-state index >= 15 is 0 Å². The first-order valence-electron chi connectivity index (χ1n) is 7.97. The molecule has 0 bridgehead atoms. The van der Waals surface area contributed by atoms with Crippen LogP contribution in [0.3, 0.4) is 0 Å². The zero-order valence-corrected chi connectivity index (χ0v) is 15.2. The molecule has 1 heterocycles. The number of sulfone groups is 1. The molecule has 26 heavy (non-hydrogen) atoms. The van der Waals surface area contributed by atoms with Crippen molar-refractivity contribution in [2.45, 2.75) is 17.9 Å². The lowest BCUT2D eigenvalue weighted by atomic mass is 10.1. The summed E-state index contributed by atoms with van der Waals surface area (Å²) in [6.45, 7) is 1.81. The van der Waals surface area contributed by atoms with Crippen LogP contribution in [0.5, 0.6) is 0 Å². The number of carbonyl (C=O) groups excluding carboxylic acids is 1. The van der Waals surface area contributed by atoms with Gasteiger partial charge < -0.3 is 9.84 Å². The maximum absolute atomic E-state index is 12.4. The number of hydrogen-bond acceptors (Lipinski definition) is 5. The fourth-order valence-electron chi connectivity index (χ4n) is 2.48. The molecule has 1 N–H and O–H groups in total. The van der Waals surface area contributed by atoms with E-state index in [4.69, 9.17) is 4.52 Å². The van der Waals surface area contributed by atoms with Crippen LogP contribution in [-0.4, -0.2) is 25.7 Å². The van der Waals surface area contributed by atoms with Crippen LogP contribution >= 0.6 is 0 Å². The Morgan fingerprint density at radius 3 is 2.35 bits per heavy atom. The molecular formula is C19H18N2O4S. The Morgan fingerprint density at radius 2 is 1.73 bits per heavy atom. The van der Waals surface area contributed by atoms with Gasteiger partial charge in [0.05, 0.1) is 10.9 Å². The summed E-state index contributed by atoms with van der Waals surface area (Å²) >= 11 is 0. The van der Waals surface area contributed by atoms with Gasteiger partial charge in [-0.25, -0.2) is 8.42 Å². The highest BCUT2D eigenvalue weighted by atomic mass is 32.2. The average Bonchev–Trinajstić information content (AvgIpc) is 3.12. The van der Waals surface area contributed by atoms with Crippen molar-refractivity contribution in [3.05, 3.63) is 71.9 Å². The molecule has 3 aromatic rings. The minimum Gasteiger partial charge on any atom is -0.355 e. The SMILES string of the molecule is C[C@H](NC(=O)c1cc(-c2ccccc2)on1)c1ccc(S(C)(=O)=O)cc1. The van der Waals surface area contributed by atoms with E-state index in [1.165, 1.54) is 12.1 Å². The number of aromatic nitrogens is 1. The number of benzene rings is 2. The van der Waals surface area contributed by atoms with E-state index in [2.05, 4.69) is 10.5 Å². The molecule has 1 aromatic heterocycles. The molecule has 3 rings (SSSR count). The van der Waals surface area contributed by atoms with Gasteiger partial charge in [0, 0.05) is 17.9 Å². The first kappa shape index (κ1) is 17.9. The number of hydrogen-bond donors (Lipinski definition) is 1. The van der Waals surface area contributed by atoms with E-state index in [-0.39, 0.29) is 22.5 Å². The van der Waals surface area contributed by atoms with E-state index in [0.717, 1.165) is 17.4 Å². The monoisotopic (exact) mass is 370 g/mol. The first-order chi connectivity index (χ1) is 12.3. The van der Waals surface area contributed by atoms with Crippen molar-refractivity contribution >= 4 is 15.7 Å². The summed E-state index contributed by atoms with van der Waals surface area (Å²) in [6, 6.07) is 17.1. The van der Waals surface area contributed by atoms with E-state index in [1.54, 1.807) is 18.2 Å². The summed E-state index contributed by atoms with van der Waals surface area (Å²) in [5.74, 6) is 0.150. The number of nitrogens with zero attached hydrogens (tertiary/aromatic N) is 1. The molecule has 0 saturated carbocycles. The molecule has 0 radical (unpaired) electrons. The first-order valence-corrected chi connectivity index (χ1v) is 9.87. The quantitative estimate of drug-likeness (QED) is 0.745. The molecule has 0 saturated heterocycles. The van der Waals surface area contributed by atoms with Crippen LogP contribution in [0.25, 0.3) is 11.3 Å². The molecule has 1 amide bonds. The average molecular weight is 370 g/mol. The van der Waals surface area contributed by atoms with Gasteiger partial charge in [-0.1, -0.05) is 47.6 Å². The zero-order chi connectivity index (χ0) is 18.7. The normalized spacial score (nSPS) is 12.5. The van der Waals surface area contributed by atoms with Crippen LogP contribution in [0.15, 0.2) is 70.1 Å². The summed E-state index contributed by atoms with van der Waals surface area (Å²) in [6.07, 6.45) is 1.15. The van der Waals surface area contributed by atoms with Crippen molar-refractivity contribution in [3.63, 3.8) is 0 Å². The number of carbonyl (C=O) groups is 1. The zero-order valence-electron chi connectivity index (χ0n) is 14.3. The van der Waals surface area contributed by atoms with Gasteiger partial charge in [-0.2, -0.15) is 0 Å². The van der Waals surface area contributed by atoms with E-state index in [0.29, 0.717) is 5.76 Å². The Morgan fingerprint density at radius 1 is 1.08 bits per heavy atom. The molecule has 0 aliphatic heterocycles. The van der Waals surface area contributed by atoms with Crippen molar-refractivity contribution in [1.82, 2.24) is 10.5 Å². The van der Waals surface area contributed by atoms with Gasteiger partial charge >= 0.3 is 0 Å². The lowest BCUT2D eigenvalue weighted by molar-refractivity contribution is 0.0931. The predicted molar refractivity (Wildman–Crippen MR) is 97.4 cm³/mol. The Labute approximate surface area is 151 Å². The number of nitrogens with one attached hydrogen (secondary N) is 1. The van der Waals surface area contributed by atoms with Gasteiger partial charge in [-0.05, 0) is 24.6 Å². The third-order valence-electron chi connectivity index (χ3n) is 3.96. The van der Waals surface area contributed by atoms with Gasteiger partial charge in [0.15, 0.2) is 21.3 Å². The smallest absolute Gasteiger partial charge is 0.273 e. The van der Waals surface area contributed by atoms with Crippen LogP contribution in [0.1, 0.15) is 29.0 Å². The van der Waals surface area contributed by atoms with E-state index < -0.39 is 9.84 Å². The van der Waals surface area contributed by atoms with Crippen LogP contribution in [0.4, 0.5) is 0 Å². The number of amides is 1.